The van der Waals surface area contributed by atoms with E-state index in [9.17, 15) is 20.0 Å². The third-order valence-electron chi connectivity index (χ3n) is 3.85. The topological polar surface area (TPSA) is 98.9 Å². The smallest absolute Gasteiger partial charge is 0.263 e. The first-order valence-corrected chi connectivity index (χ1v) is 7.93. The van der Waals surface area contributed by atoms with Crippen molar-refractivity contribution < 1.29 is 14.8 Å². The highest BCUT2D eigenvalue weighted by Crippen LogP contribution is 2.33. The molecule has 1 aliphatic heterocycles. The average Bonchev–Trinajstić information content (AvgIpc) is 3.01. The lowest BCUT2D eigenvalue weighted by Gasteiger charge is -2.17. The lowest BCUT2D eigenvalue weighted by molar-refractivity contribution is -0.398. The average molecular weight is 359 g/mol. The van der Waals surface area contributed by atoms with Gasteiger partial charge in [-0.15, -0.1) is 0 Å². The van der Waals surface area contributed by atoms with Gasteiger partial charge in [0, 0.05) is 30.3 Å². The molecule has 0 radical (unpaired) electrons. The molecule has 3 rings (SSSR count). The third kappa shape index (κ3) is 3.46. The van der Waals surface area contributed by atoms with E-state index in [1.807, 2.05) is 0 Å². The number of carbonyl (C=O) groups excluding carboxylic acids is 1. The number of amides is 1. The maximum atomic E-state index is 12.1. The van der Waals surface area contributed by atoms with Gasteiger partial charge in [0.2, 0.25) is 5.91 Å². The van der Waals surface area contributed by atoms with Crippen LogP contribution in [0.1, 0.15) is 18.4 Å². The standard InChI is InChI=1S/C17H14ClN3O4/c18-12-8-11(17(23)15(9-12)21(24)25)10-19-13-4-1-2-5-14(13)20-7-3-6-16(20)22/h1-2,4-5,8-10,23H,3,6-7H2/p-1. The van der Waals surface area contributed by atoms with Crippen LogP contribution in [-0.4, -0.2) is 23.6 Å². The first kappa shape index (κ1) is 16.9. The van der Waals surface area contributed by atoms with E-state index in [2.05, 4.69) is 4.99 Å². The highest BCUT2D eigenvalue weighted by atomic mass is 35.5. The van der Waals surface area contributed by atoms with Gasteiger partial charge >= 0.3 is 0 Å². The van der Waals surface area contributed by atoms with E-state index in [4.69, 9.17) is 11.6 Å². The number of nitrogens with zero attached hydrogens (tertiary/aromatic N) is 3. The number of aliphatic imine (C=N–C) groups is 1. The Hall–Kier alpha value is -2.93. The second-order valence-electron chi connectivity index (χ2n) is 5.50. The first-order valence-electron chi connectivity index (χ1n) is 7.56. The zero-order chi connectivity index (χ0) is 18.0. The lowest BCUT2D eigenvalue weighted by atomic mass is 10.2. The van der Waals surface area contributed by atoms with Crippen LogP contribution in [0.2, 0.25) is 5.02 Å². The lowest BCUT2D eigenvalue weighted by Crippen LogP contribution is -2.23. The predicted molar refractivity (Wildman–Crippen MR) is 92.8 cm³/mol. The minimum absolute atomic E-state index is 0.0155. The largest absolute Gasteiger partial charge is 0.867 e. The van der Waals surface area contributed by atoms with Crippen LogP contribution in [0.5, 0.6) is 5.75 Å². The van der Waals surface area contributed by atoms with Crippen LogP contribution in [0.15, 0.2) is 41.4 Å². The molecule has 2 aromatic rings. The van der Waals surface area contributed by atoms with Gasteiger partial charge in [0.05, 0.1) is 16.3 Å². The summed E-state index contributed by atoms with van der Waals surface area (Å²) in [5.74, 6) is -0.738. The van der Waals surface area contributed by atoms with E-state index in [1.165, 1.54) is 12.3 Å². The summed E-state index contributed by atoms with van der Waals surface area (Å²) in [4.78, 5) is 28.0. The Morgan fingerprint density at radius 2 is 2.04 bits per heavy atom. The van der Waals surface area contributed by atoms with Crippen LogP contribution in [0, 0.1) is 10.1 Å². The second-order valence-corrected chi connectivity index (χ2v) is 5.93. The Morgan fingerprint density at radius 1 is 1.28 bits per heavy atom. The summed E-state index contributed by atoms with van der Waals surface area (Å²) in [5.41, 5.74) is 0.559. The maximum Gasteiger partial charge on any atom is 0.263 e. The fourth-order valence-electron chi connectivity index (χ4n) is 2.67. The van der Waals surface area contributed by atoms with Gasteiger partial charge in [-0.2, -0.15) is 0 Å². The zero-order valence-electron chi connectivity index (χ0n) is 13.0. The second kappa shape index (κ2) is 6.90. The Morgan fingerprint density at radius 3 is 2.72 bits per heavy atom. The van der Waals surface area contributed by atoms with Crippen LogP contribution in [0.25, 0.3) is 0 Å². The van der Waals surface area contributed by atoms with Gasteiger partial charge in [0.15, 0.2) is 0 Å². The summed E-state index contributed by atoms with van der Waals surface area (Å²) in [6.07, 6.45) is 2.51. The molecule has 0 aromatic heterocycles. The molecule has 1 aliphatic rings. The molecule has 25 heavy (non-hydrogen) atoms. The normalized spacial score (nSPS) is 14.4. The molecule has 8 heteroatoms. The molecule has 1 amide bonds. The quantitative estimate of drug-likeness (QED) is 0.476. The SMILES string of the molecule is O=C1CCCN1c1ccccc1N=Cc1cc(Cl)cc([N+](=O)[O-])c1[O-]. The van der Waals surface area contributed by atoms with Gasteiger partial charge < -0.3 is 10.0 Å². The molecule has 0 bridgehead atoms. The molecule has 2 aromatic carbocycles. The van der Waals surface area contributed by atoms with E-state index in [1.54, 1.807) is 29.2 Å². The van der Waals surface area contributed by atoms with Crippen LogP contribution < -0.4 is 10.0 Å². The number of para-hydroxylation sites is 2. The molecule has 0 unspecified atom stereocenters. The van der Waals surface area contributed by atoms with Crippen molar-refractivity contribution in [2.45, 2.75) is 12.8 Å². The van der Waals surface area contributed by atoms with Gasteiger partial charge in [-0.1, -0.05) is 23.7 Å². The van der Waals surface area contributed by atoms with Crippen LogP contribution in [0.4, 0.5) is 17.1 Å². The predicted octanol–water partition coefficient (Wildman–Crippen LogP) is 3.20. The van der Waals surface area contributed by atoms with Gasteiger partial charge in [-0.05, 0) is 35.9 Å². The molecule has 1 saturated heterocycles. The van der Waals surface area contributed by atoms with E-state index in [0.29, 0.717) is 24.3 Å². The third-order valence-corrected chi connectivity index (χ3v) is 4.07. The molecule has 1 fully saturated rings. The Kier molecular flexibility index (Phi) is 4.67. The van der Waals surface area contributed by atoms with Crippen molar-refractivity contribution in [2.75, 3.05) is 11.4 Å². The molecular formula is C17H13ClN3O4-. The van der Waals surface area contributed by atoms with Gasteiger partial charge in [0.25, 0.3) is 5.69 Å². The number of rotatable bonds is 4. The molecule has 0 N–H and O–H groups in total. The number of nitro benzene ring substituents is 1. The molecule has 0 saturated carbocycles. The fourth-order valence-corrected chi connectivity index (χ4v) is 2.90. The van der Waals surface area contributed by atoms with Crippen molar-refractivity contribution in [1.82, 2.24) is 0 Å². The van der Waals surface area contributed by atoms with Crippen LogP contribution >= 0.6 is 11.6 Å². The highest BCUT2D eigenvalue weighted by Gasteiger charge is 2.23. The molecule has 7 nitrogen and oxygen atoms in total. The van der Waals surface area contributed by atoms with E-state index < -0.39 is 16.4 Å². The van der Waals surface area contributed by atoms with Crippen molar-refractivity contribution in [3.05, 3.63) is 57.1 Å². The van der Waals surface area contributed by atoms with Crippen molar-refractivity contribution in [1.29, 1.82) is 0 Å². The van der Waals surface area contributed by atoms with E-state index in [0.717, 1.165) is 12.5 Å². The number of nitro groups is 1. The first-order chi connectivity index (χ1) is 12.0. The number of benzene rings is 2. The minimum atomic E-state index is -0.775. The summed E-state index contributed by atoms with van der Waals surface area (Å²) >= 11 is 5.84. The van der Waals surface area contributed by atoms with Crippen molar-refractivity contribution in [3.8, 4) is 5.75 Å². The van der Waals surface area contributed by atoms with Crippen molar-refractivity contribution in [3.63, 3.8) is 0 Å². The Bertz CT molecular complexity index is 882. The molecular weight excluding hydrogens is 346 g/mol. The Balaban J connectivity index is 1.99. The molecule has 128 valence electrons. The van der Waals surface area contributed by atoms with Crippen LogP contribution in [0.3, 0.4) is 0 Å². The summed E-state index contributed by atoms with van der Waals surface area (Å²) in [6.45, 7) is 0.612. The summed E-state index contributed by atoms with van der Waals surface area (Å²) in [7, 11) is 0. The van der Waals surface area contributed by atoms with E-state index in [-0.39, 0.29) is 16.5 Å². The number of anilines is 1. The Labute approximate surface area is 148 Å². The van der Waals surface area contributed by atoms with Gasteiger partial charge in [-0.3, -0.25) is 19.9 Å². The monoisotopic (exact) mass is 358 g/mol. The number of halogens is 1. The minimum Gasteiger partial charge on any atom is -0.867 e. The fraction of sp³-hybridized carbons (Fsp3) is 0.176. The van der Waals surface area contributed by atoms with E-state index >= 15 is 0 Å². The molecule has 1 heterocycles. The number of hydrogen-bond acceptors (Lipinski definition) is 5. The summed E-state index contributed by atoms with van der Waals surface area (Å²) in [5, 5.41) is 23.1. The zero-order valence-corrected chi connectivity index (χ0v) is 13.8. The van der Waals surface area contributed by atoms with Crippen molar-refractivity contribution >= 4 is 40.8 Å². The highest BCUT2D eigenvalue weighted by molar-refractivity contribution is 6.31. The molecule has 0 atom stereocenters. The van der Waals surface area contributed by atoms with Gasteiger partial charge in [-0.25, -0.2) is 0 Å². The van der Waals surface area contributed by atoms with Crippen LogP contribution in [-0.2, 0) is 4.79 Å². The molecule has 0 aliphatic carbocycles. The summed E-state index contributed by atoms with van der Waals surface area (Å²) in [6, 6.07) is 9.37. The number of carbonyl (C=O) groups is 1. The van der Waals surface area contributed by atoms with Gasteiger partial charge in [0.1, 0.15) is 0 Å². The maximum absolute atomic E-state index is 12.1. The number of hydrogen-bond donors (Lipinski definition) is 0. The molecule has 0 spiro atoms. The summed E-state index contributed by atoms with van der Waals surface area (Å²) < 4.78 is 0. The van der Waals surface area contributed by atoms with Crippen molar-refractivity contribution in [2.24, 2.45) is 4.99 Å².